The lowest BCUT2D eigenvalue weighted by atomic mass is 10.0. The Bertz CT molecular complexity index is 315. The standard InChI is InChI=1S/C13H17NO/c15-11-13-9-14(10-13)8-4-7-12-5-2-1-3-6-12/h1-7,13,15H,8-11H2/b7-4+. The first kappa shape index (κ1) is 10.4. The molecular weight excluding hydrogens is 186 g/mol. The molecule has 1 N–H and O–H groups in total. The van der Waals surface area contributed by atoms with Gasteiger partial charge in [-0.1, -0.05) is 42.5 Å². The van der Waals surface area contributed by atoms with Crippen LogP contribution in [0, 0.1) is 5.92 Å². The molecule has 0 atom stereocenters. The number of likely N-dealkylation sites (tertiary alicyclic amines) is 1. The van der Waals surface area contributed by atoms with Gasteiger partial charge in [0.25, 0.3) is 0 Å². The van der Waals surface area contributed by atoms with Gasteiger partial charge in [-0.05, 0) is 5.56 Å². The van der Waals surface area contributed by atoms with Crippen molar-refractivity contribution in [2.75, 3.05) is 26.2 Å². The van der Waals surface area contributed by atoms with Crippen molar-refractivity contribution >= 4 is 6.08 Å². The van der Waals surface area contributed by atoms with Crippen molar-refractivity contribution in [3.8, 4) is 0 Å². The molecule has 1 aromatic rings. The van der Waals surface area contributed by atoms with E-state index in [9.17, 15) is 0 Å². The number of benzene rings is 1. The molecule has 2 heteroatoms. The van der Waals surface area contributed by atoms with Gasteiger partial charge < -0.3 is 5.11 Å². The topological polar surface area (TPSA) is 23.5 Å². The maximum atomic E-state index is 8.86. The Labute approximate surface area is 90.8 Å². The largest absolute Gasteiger partial charge is 0.396 e. The van der Waals surface area contributed by atoms with E-state index in [-0.39, 0.29) is 0 Å². The predicted octanol–water partition coefficient (Wildman–Crippen LogP) is 1.62. The van der Waals surface area contributed by atoms with Gasteiger partial charge in [0, 0.05) is 32.2 Å². The molecule has 0 aliphatic carbocycles. The van der Waals surface area contributed by atoms with Crippen LogP contribution in [0.3, 0.4) is 0 Å². The van der Waals surface area contributed by atoms with Gasteiger partial charge in [0.15, 0.2) is 0 Å². The minimum Gasteiger partial charge on any atom is -0.396 e. The Morgan fingerprint density at radius 1 is 1.27 bits per heavy atom. The first-order valence-electron chi connectivity index (χ1n) is 5.43. The monoisotopic (exact) mass is 203 g/mol. The average molecular weight is 203 g/mol. The van der Waals surface area contributed by atoms with E-state index in [2.05, 4.69) is 29.2 Å². The van der Waals surface area contributed by atoms with Gasteiger partial charge in [-0.25, -0.2) is 0 Å². The number of hydrogen-bond acceptors (Lipinski definition) is 2. The summed E-state index contributed by atoms with van der Waals surface area (Å²) >= 11 is 0. The van der Waals surface area contributed by atoms with Gasteiger partial charge in [0.05, 0.1) is 0 Å². The van der Waals surface area contributed by atoms with Crippen LogP contribution in [0.2, 0.25) is 0 Å². The van der Waals surface area contributed by atoms with E-state index in [0.29, 0.717) is 12.5 Å². The van der Waals surface area contributed by atoms with E-state index >= 15 is 0 Å². The molecular formula is C13H17NO. The summed E-state index contributed by atoms with van der Waals surface area (Å²) in [5, 5.41) is 8.86. The second-order valence-electron chi connectivity index (χ2n) is 4.08. The van der Waals surface area contributed by atoms with Gasteiger partial charge in [0.1, 0.15) is 0 Å². The lowest BCUT2D eigenvalue weighted by molar-refractivity contribution is 0.0640. The van der Waals surface area contributed by atoms with Crippen LogP contribution in [0.1, 0.15) is 5.56 Å². The molecule has 0 saturated carbocycles. The van der Waals surface area contributed by atoms with Crippen LogP contribution in [0.15, 0.2) is 36.4 Å². The van der Waals surface area contributed by atoms with Crippen LogP contribution >= 0.6 is 0 Å². The summed E-state index contributed by atoms with van der Waals surface area (Å²) < 4.78 is 0. The van der Waals surface area contributed by atoms with Gasteiger partial charge in [-0.3, -0.25) is 4.90 Å². The van der Waals surface area contributed by atoms with E-state index in [1.807, 2.05) is 18.2 Å². The molecule has 1 fully saturated rings. The Balaban J connectivity index is 1.73. The zero-order valence-electron chi connectivity index (χ0n) is 8.84. The van der Waals surface area contributed by atoms with E-state index < -0.39 is 0 Å². The zero-order valence-corrected chi connectivity index (χ0v) is 8.84. The lowest BCUT2D eigenvalue weighted by Gasteiger charge is -2.37. The third-order valence-electron chi connectivity index (χ3n) is 2.76. The van der Waals surface area contributed by atoms with Crippen LogP contribution in [0.5, 0.6) is 0 Å². The molecule has 0 amide bonds. The molecule has 2 nitrogen and oxygen atoms in total. The maximum Gasteiger partial charge on any atom is 0.0483 e. The van der Waals surface area contributed by atoms with Crippen molar-refractivity contribution in [3.63, 3.8) is 0 Å². The highest BCUT2D eigenvalue weighted by Crippen LogP contribution is 2.14. The van der Waals surface area contributed by atoms with Gasteiger partial charge in [-0.2, -0.15) is 0 Å². The van der Waals surface area contributed by atoms with Crippen LogP contribution in [0.25, 0.3) is 6.08 Å². The third kappa shape index (κ3) is 2.91. The fourth-order valence-electron chi connectivity index (χ4n) is 1.84. The summed E-state index contributed by atoms with van der Waals surface area (Å²) in [5.41, 5.74) is 1.25. The summed E-state index contributed by atoms with van der Waals surface area (Å²) in [6, 6.07) is 10.3. The van der Waals surface area contributed by atoms with Gasteiger partial charge in [0.2, 0.25) is 0 Å². The van der Waals surface area contributed by atoms with Gasteiger partial charge >= 0.3 is 0 Å². The Morgan fingerprint density at radius 2 is 2.00 bits per heavy atom. The van der Waals surface area contributed by atoms with Crippen molar-refractivity contribution in [2.24, 2.45) is 5.92 Å². The summed E-state index contributed by atoms with van der Waals surface area (Å²) in [7, 11) is 0. The third-order valence-corrected chi connectivity index (χ3v) is 2.76. The predicted molar refractivity (Wildman–Crippen MR) is 62.5 cm³/mol. The smallest absolute Gasteiger partial charge is 0.0483 e. The molecule has 1 aliphatic heterocycles. The lowest BCUT2D eigenvalue weighted by Crippen LogP contribution is -2.48. The highest BCUT2D eigenvalue weighted by atomic mass is 16.3. The minimum atomic E-state index is 0.332. The van der Waals surface area contributed by atoms with Crippen molar-refractivity contribution in [1.82, 2.24) is 4.90 Å². The fourth-order valence-corrected chi connectivity index (χ4v) is 1.84. The zero-order chi connectivity index (χ0) is 10.5. The molecule has 1 heterocycles. The second kappa shape index (κ2) is 5.10. The molecule has 1 aromatic carbocycles. The molecule has 0 aromatic heterocycles. The summed E-state index contributed by atoms with van der Waals surface area (Å²) in [4.78, 5) is 2.33. The molecule has 1 saturated heterocycles. The number of aliphatic hydroxyl groups excluding tert-OH is 1. The average Bonchev–Trinajstić information content (AvgIpc) is 2.23. The second-order valence-corrected chi connectivity index (χ2v) is 4.08. The van der Waals surface area contributed by atoms with Crippen molar-refractivity contribution in [2.45, 2.75) is 0 Å². The molecule has 0 unspecified atom stereocenters. The van der Waals surface area contributed by atoms with Crippen molar-refractivity contribution in [3.05, 3.63) is 42.0 Å². The molecule has 0 spiro atoms. The normalized spacial score (nSPS) is 18.2. The molecule has 0 bridgehead atoms. The molecule has 0 radical (unpaired) electrons. The fraction of sp³-hybridized carbons (Fsp3) is 0.385. The molecule has 80 valence electrons. The number of nitrogens with zero attached hydrogens (tertiary/aromatic N) is 1. The van der Waals surface area contributed by atoms with E-state index in [4.69, 9.17) is 5.11 Å². The molecule has 15 heavy (non-hydrogen) atoms. The SMILES string of the molecule is OCC1CN(C/C=C/c2ccccc2)C1. The minimum absolute atomic E-state index is 0.332. The maximum absolute atomic E-state index is 8.86. The number of aliphatic hydroxyl groups is 1. The van der Waals surface area contributed by atoms with Gasteiger partial charge in [-0.15, -0.1) is 0 Å². The van der Waals surface area contributed by atoms with Crippen LogP contribution in [-0.4, -0.2) is 36.2 Å². The molecule has 2 rings (SSSR count). The van der Waals surface area contributed by atoms with E-state index in [1.54, 1.807) is 0 Å². The Kier molecular flexibility index (Phi) is 3.54. The van der Waals surface area contributed by atoms with E-state index in [1.165, 1.54) is 5.56 Å². The number of rotatable bonds is 4. The molecule has 1 aliphatic rings. The Morgan fingerprint density at radius 3 is 2.67 bits per heavy atom. The van der Waals surface area contributed by atoms with Crippen LogP contribution < -0.4 is 0 Å². The van der Waals surface area contributed by atoms with Crippen molar-refractivity contribution < 1.29 is 5.11 Å². The first-order valence-corrected chi connectivity index (χ1v) is 5.43. The van der Waals surface area contributed by atoms with E-state index in [0.717, 1.165) is 19.6 Å². The highest BCUT2D eigenvalue weighted by molar-refractivity contribution is 5.48. The quantitative estimate of drug-likeness (QED) is 0.804. The first-order chi connectivity index (χ1) is 7.38. The Hall–Kier alpha value is -1.12. The van der Waals surface area contributed by atoms with Crippen LogP contribution in [-0.2, 0) is 0 Å². The number of hydrogen-bond donors (Lipinski definition) is 1. The summed E-state index contributed by atoms with van der Waals surface area (Å²) in [6.45, 7) is 3.40. The summed E-state index contributed by atoms with van der Waals surface area (Å²) in [5.74, 6) is 0.509. The van der Waals surface area contributed by atoms with Crippen molar-refractivity contribution in [1.29, 1.82) is 0 Å². The van der Waals surface area contributed by atoms with Crippen LogP contribution in [0.4, 0.5) is 0 Å². The summed E-state index contributed by atoms with van der Waals surface area (Å²) in [6.07, 6.45) is 4.33. The highest BCUT2D eigenvalue weighted by Gasteiger charge is 2.24.